The van der Waals surface area contributed by atoms with E-state index in [1.165, 1.54) is 11.0 Å². The highest BCUT2D eigenvalue weighted by Crippen LogP contribution is 2.19. The van der Waals surface area contributed by atoms with Gasteiger partial charge in [-0.1, -0.05) is 19.3 Å². The second-order valence-corrected chi connectivity index (χ2v) is 6.95. The summed E-state index contributed by atoms with van der Waals surface area (Å²) in [7, 11) is 1.58. The summed E-state index contributed by atoms with van der Waals surface area (Å²) >= 11 is 0. The number of hydrogen-bond acceptors (Lipinski definition) is 5. The average Bonchev–Trinajstić information content (AvgIpc) is 2.74. The van der Waals surface area contributed by atoms with Crippen molar-refractivity contribution in [2.45, 2.75) is 38.1 Å². The van der Waals surface area contributed by atoms with E-state index in [1.807, 2.05) is 0 Å². The third-order valence-corrected chi connectivity index (χ3v) is 5.10. The predicted molar refractivity (Wildman–Crippen MR) is 106 cm³/mol. The van der Waals surface area contributed by atoms with E-state index in [0.29, 0.717) is 22.6 Å². The molecular formula is C21H22N4O3. The SMILES string of the molecule is COc1ccc(-n2c(=O)c(C(=O)NC3CCCCC3)nc3cccnc32)cc1. The summed E-state index contributed by atoms with van der Waals surface area (Å²) in [5, 5.41) is 2.98. The first-order chi connectivity index (χ1) is 13.7. The molecule has 0 radical (unpaired) electrons. The molecule has 1 aliphatic rings. The number of carbonyl (C=O) groups excluding carboxylic acids is 1. The lowest BCUT2D eigenvalue weighted by molar-refractivity contribution is 0.0921. The molecule has 2 heterocycles. The van der Waals surface area contributed by atoms with E-state index in [4.69, 9.17) is 4.74 Å². The molecule has 1 fully saturated rings. The quantitative estimate of drug-likeness (QED) is 0.754. The van der Waals surface area contributed by atoms with Crippen LogP contribution in [0.25, 0.3) is 16.9 Å². The van der Waals surface area contributed by atoms with Crippen LogP contribution >= 0.6 is 0 Å². The molecule has 0 atom stereocenters. The molecule has 1 amide bonds. The number of aromatic nitrogens is 3. The number of benzene rings is 1. The lowest BCUT2D eigenvalue weighted by atomic mass is 9.95. The van der Waals surface area contributed by atoms with E-state index in [-0.39, 0.29) is 11.7 Å². The Morgan fingerprint density at radius 1 is 1.14 bits per heavy atom. The number of nitrogens with one attached hydrogen (secondary N) is 1. The zero-order chi connectivity index (χ0) is 19.5. The monoisotopic (exact) mass is 378 g/mol. The van der Waals surface area contributed by atoms with Crippen molar-refractivity contribution in [3.05, 3.63) is 58.6 Å². The standard InChI is InChI=1S/C21H22N4O3/c1-28-16-11-9-15(10-12-16)25-19-17(8-5-13-22-19)24-18(21(25)27)20(26)23-14-6-3-2-4-7-14/h5,8-14H,2-4,6-7H2,1H3,(H,23,26). The Morgan fingerprint density at radius 2 is 1.89 bits per heavy atom. The van der Waals surface area contributed by atoms with E-state index in [1.54, 1.807) is 49.7 Å². The van der Waals surface area contributed by atoms with Crippen molar-refractivity contribution in [3.8, 4) is 11.4 Å². The van der Waals surface area contributed by atoms with Gasteiger partial charge in [-0.05, 0) is 49.2 Å². The van der Waals surface area contributed by atoms with E-state index >= 15 is 0 Å². The van der Waals surface area contributed by atoms with Gasteiger partial charge in [-0.25, -0.2) is 9.97 Å². The van der Waals surface area contributed by atoms with Crippen LogP contribution in [0.3, 0.4) is 0 Å². The summed E-state index contributed by atoms with van der Waals surface area (Å²) in [6, 6.07) is 10.6. The third-order valence-electron chi connectivity index (χ3n) is 5.10. The number of ether oxygens (including phenoxy) is 1. The van der Waals surface area contributed by atoms with Crippen LogP contribution in [0, 0.1) is 0 Å². The van der Waals surface area contributed by atoms with Crippen molar-refractivity contribution in [1.82, 2.24) is 19.9 Å². The molecule has 0 saturated heterocycles. The first-order valence-corrected chi connectivity index (χ1v) is 9.50. The van der Waals surface area contributed by atoms with Gasteiger partial charge in [-0.15, -0.1) is 0 Å². The van der Waals surface area contributed by atoms with Crippen LogP contribution in [0.15, 0.2) is 47.4 Å². The lowest BCUT2D eigenvalue weighted by Crippen LogP contribution is -2.40. The number of carbonyl (C=O) groups is 1. The van der Waals surface area contributed by atoms with Crippen molar-refractivity contribution >= 4 is 17.1 Å². The van der Waals surface area contributed by atoms with Gasteiger partial charge in [0, 0.05) is 12.2 Å². The van der Waals surface area contributed by atoms with Crippen LogP contribution < -0.4 is 15.6 Å². The van der Waals surface area contributed by atoms with Crippen LogP contribution in [0.1, 0.15) is 42.6 Å². The van der Waals surface area contributed by atoms with Gasteiger partial charge in [0.2, 0.25) is 0 Å². The first-order valence-electron chi connectivity index (χ1n) is 9.50. The molecule has 7 heteroatoms. The Bertz CT molecular complexity index is 1050. The highest BCUT2D eigenvalue weighted by Gasteiger charge is 2.22. The fraction of sp³-hybridized carbons (Fsp3) is 0.333. The van der Waals surface area contributed by atoms with Crippen molar-refractivity contribution in [2.75, 3.05) is 7.11 Å². The fourth-order valence-corrected chi connectivity index (χ4v) is 3.64. The van der Waals surface area contributed by atoms with Gasteiger partial charge in [0.15, 0.2) is 11.3 Å². The van der Waals surface area contributed by atoms with Gasteiger partial charge in [0.1, 0.15) is 11.3 Å². The van der Waals surface area contributed by atoms with Crippen LogP contribution in [-0.4, -0.2) is 33.6 Å². The minimum atomic E-state index is -0.482. The number of fused-ring (bicyclic) bond motifs is 1. The minimum Gasteiger partial charge on any atom is -0.497 e. The van der Waals surface area contributed by atoms with E-state index < -0.39 is 11.5 Å². The zero-order valence-electron chi connectivity index (χ0n) is 15.7. The number of rotatable bonds is 4. The van der Waals surface area contributed by atoms with E-state index in [9.17, 15) is 9.59 Å². The zero-order valence-corrected chi connectivity index (χ0v) is 15.7. The Labute approximate surface area is 162 Å². The molecule has 3 aromatic rings. The predicted octanol–water partition coefficient (Wildman–Crippen LogP) is 2.85. The molecule has 0 spiro atoms. The molecule has 4 rings (SSSR count). The molecule has 7 nitrogen and oxygen atoms in total. The fourth-order valence-electron chi connectivity index (χ4n) is 3.64. The molecule has 0 unspecified atom stereocenters. The maximum atomic E-state index is 13.2. The number of methoxy groups -OCH3 is 1. The van der Waals surface area contributed by atoms with E-state index in [2.05, 4.69) is 15.3 Å². The molecule has 1 saturated carbocycles. The highest BCUT2D eigenvalue weighted by atomic mass is 16.5. The number of hydrogen-bond donors (Lipinski definition) is 1. The van der Waals surface area contributed by atoms with Gasteiger partial charge in [-0.2, -0.15) is 0 Å². The van der Waals surface area contributed by atoms with Gasteiger partial charge in [0.05, 0.1) is 12.8 Å². The normalized spacial score (nSPS) is 14.8. The Kier molecular flexibility index (Phi) is 5.06. The molecule has 0 aliphatic heterocycles. The minimum absolute atomic E-state index is 0.0986. The first kappa shape index (κ1) is 18.2. The maximum Gasteiger partial charge on any atom is 0.288 e. The summed E-state index contributed by atoms with van der Waals surface area (Å²) < 4.78 is 6.62. The van der Waals surface area contributed by atoms with Crippen LogP contribution in [0.5, 0.6) is 5.75 Å². The number of nitrogens with zero attached hydrogens (tertiary/aromatic N) is 3. The molecule has 28 heavy (non-hydrogen) atoms. The maximum absolute atomic E-state index is 13.2. The summed E-state index contributed by atoms with van der Waals surface area (Å²) in [6.45, 7) is 0. The molecular weight excluding hydrogens is 356 g/mol. The van der Waals surface area contributed by atoms with Crippen molar-refractivity contribution in [1.29, 1.82) is 0 Å². The van der Waals surface area contributed by atoms with Crippen LogP contribution in [-0.2, 0) is 0 Å². The van der Waals surface area contributed by atoms with Gasteiger partial charge >= 0.3 is 0 Å². The van der Waals surface area contributed by atoms with Crippen molar-refractivity contribution in [2.24, 2.45) is 0 Å². The van der Waals surface area contributed by atoms with Crippen LogP contribution in [0.2, 0.25) is 0 Å². The third kappa shape index (κ3) is 3.47. The summed E-state index contributed by atoms with van der Waals surface area (Å²) in [5.74, 6) is 0.253. The summed E-state index contributed by atoms with van der Waals surface area (Å²) in [4.78, 5) is 34.7. The lowest BCUT2D eigenvalue weighted by Gasteiger charge is -2.22. The molecule has 1 aromatic carbocycles. The topological polar surface area (TPSA) is 86.1 Å². The average molecular weight is 378 g/mol. The van der Waals surface area contributed by atoms with E-state index in [0.717, 1.165) is 25.7 Å². The Morgan fingerprint density at radius 3 is 2.61 bits per heavy atom. The second kappa shape index (κ2) is 7.80. The smallest absolute Gasteiger partial charge is 0.288 e. The van der Waals surface area contributed by atoms with Gasteiger partial charge < -0.3 is 10.1 Å². The van der Waals surface area contributed by atoms with Gasteiger partial charge in [0.25, 0.3) is 11.5 Å². The van der Waals surface area contributed by atoms with Crippen LogP contribution in [0.4, 0.5) is 0 Å². The second-order valence-electron chi connectivity index (χ2n) is 6.95. The molecule has 1 aliphatic carbocycles. The summed E-state index contributed by atoms with van der Waals surface area (Å²) in [6.07, 6.45) is 6.86. The van der Waals surface area contributed by atoms with Gasteiger partial charge in [-0.3, -0.25) is 14.2 Å². The Hall–Kier alpha value is -3.22. The number of pyridine rings is 1. The number of amides is 1. The Balaban J connectivity index is 1.80. The molecule has 0 bridgehead atoms. The van der Waals surface area contributed by atoms with Crippen molar-refractivity contribution in [3.63, 3.8) is 0 Å². The largest absolute Gasteiger partial charge is 0.497 e. The summed E-state index contributed by atoms with van der Waals surface area (Å²) in [5.41, 5.74) is 0.911. The molecule has 144 valence electrons. The molecule has 2 aromatic heterocycles. The highest BCUT2D eigenvalue weighted by molar-refractivity contribution is 5.94. The molecule has 1 N–H and O–H groups in total. The van der Waals surface area contributed by atoms with Crippen molar-refractivity contribution < 1.29 is 9.53 Å².